The van der Waals surface area contributed by atoms with Crippen LogP contribution in [0.3, 0.4) is 0 Å². The summed E-state index contributed by atoms with van der Waals surface area (Å²) in [7, 11) is 3.30. The van der Waals surface area contributed by atoms with Crippen LogP contribution in [0.5, 0.6) is 11.9 Å². The van der Waals surface area contributed by atoms with Crippen LogP contribution in [0.2, 0.25) is 0 Å². The molecule has 0 aliphatic carbocycles. The quantitative estimate of drug-likeness (QED) is 0.890. The van der Waals surface area contributed by atoms with Gasteiger partial charge in [-0.2, -0.15) is 15.0 Å². The van der Waals surface area contributed by atoms with Gasteiger partial charge in [0, 0.05) is 24.9 Å². The third kappa shape index (κ3) is 3.31. The largest absolute Gasteiger partial charge is 0.481 e. The molecule has 0 aromatic carbocycles. The van der Waals surface area contributed by atoms with Crippen LogP contribution in [0.1, 0.15) is 13.8 Å². The summed E-state index contributed by atoms with van der Waals surface area (Å²) in [6.07, 6.45) is 1.63. The predicted molar refractivity (Wildman–Crippen MR) is 74.9 cm³/mol. The van der Waals surface area contributed by atoms with E-state index in [2.05, 4.69) is 25.3 Å². The molecule has 2 aromatic rings. The fourth-order valence-electron chi connectivity index (χ4n) is 1.52. The summed E-state index contributed by atoms with van der Waals surface area (Å²) in [5.74, 6) is 1.45. The Morgan fingerprint density at radius 3 is 2.65 bits per heavy atom. The van der Waals surface area contributed by atoms with E-state index in [1.807, 2.05) is 13.8 Å². The zero-order chi connectivity index (χ0) is 14.5. The van der Waals surface area contributed by atoms with Crippen molar-refractivity contribution in [3.8, 4) is 23.3 Å². The lowest BCUT2D eigenvalue weighted by Gasteiger charge is -2.10. The molecule has 7 nitrogen and oxygen atoms in total. The van der Waals surface area contributed by atoms with Gasteiger partial charge in [0.25, 0.3) is 0 Å². The minimum absolute atomic E-state index is 0.0121. The summed E-state index contributed by atoms with van der Waals surface area (Å²) >= 11 is 0. The van der Waals surface area contributed by atoms with Gasteiger partial charge in [0.1, 0.15) is 0 Å². The van der Waals surface area contributed by atoms with Gasteiger partial charge in [-0.25, -0.2) is 4.98 Å². The molecule has 0 bridgehead atoms. The highest BCUT2D eigenvalue weighted by Gasteiger charge is 2.11. The van der Waals surface area contributed by atoms with Crippen LogP contribution in [-0.4, -0.2) is 40.2 Å². The van der Waals surface area contributed by atoms with Crippen LogP contribution in [0, 0.1) is 0 Å². The summed E-state index contributed by atoms with van der Waals surface area (Å²) in [4.78, 5) is 16.8. The third-order valence-electron chi connectivity index (χ3n) is 2.38. The van der Waals surface area contributed by atoms with E-state index in [0.29, 0.717) is 17.7 Å². The van der Waals surface area contributed by atoms with E-state index in [0.717, 1.165) is 5.56 Å². The number of nitrogens with zero attached hydrogens (tertiary/aromatic N) is 4. The Morgan fingerprint density at radius 2 is 2.00 bits per heavy atom. The lowest BCUT2D eigenvalue weighted by atomic mass is 10.2. The first-order valence-corrected chi connectivity index (χ1v) is 6.23. The molecule has 0 spiro atoms. The molecule has 0 radical (unpaired) electrons. The molecule has 7 heteroatoms. The van der Waals surface area contributed by atoms with E-state index in [9.17, 15) is 0 Å². The second kappa shape index (κ2) is 6.14. The molecule has 0 saturated heterocycles. The predicted octanol–water partition coefficient (Wildman–Crippen LogP) is 1.77. The summed E-state index contributed by atoms with van der Waals surface area (Å²) in [6, 6.07) is 3.84. The van der Waals surface area contributed by atoms with Gasteiger partial charge in [-0.3, -0.25) is 0 Å². The van der Waals surface area contributed by atoms with Crippen molar-refractivity contribution in [3.05, 3.63) is 18.3 Å². The standard InChI is InChI=1S/C13H17N5O2/c1-8(2)20-13-17-11(16-12(14-3)18-13)9-5-6-15-10(7-9)19-4/h5-8H,1-4H3,(H,14,16,17,18). The van der Waals surface area contributed by atoms with Crippen molar-refractivity contribution in [3.63, 3.8) is 0 Å². The van der Waals surface area contributed by atoms with Gasteiger partial charge in [0.05, 0.1) is 13.2 Å². The number of ether oxygens (including phenoxy) is 2. The first kappa shape index (κ1) is 14.0. The lowest BCUT2D eigenvalue weighted by molar-refractivity contribution is 0.222. The topological polar surface area (TPSA) is 82.1 Å². The zero-order valence-corrected chi connectivity index (χ0v) is 11.9. The Hall–Kier alpha value is -2.44. The van der Waals surface area contributed by atoms with Crippen molar-refractivity contribution in [2.24, 2.45) is 0 Å². The van der Waals surface area contributed by atoms with E-state index in [1.54, 1.807) is 32.5 Å². The van der Waals surface area contributed by atoms with Crippen LogP contribution in [0.25, 0.3) is 11.4 Å². The third-order valence-corrected chi connectivity index (χ3v) is 2.38. The number of methoxy groups -OCH3 is 1. The summed E-state index contributed by atoms with van der Waals surface area (Å²) < 4.78 is 10.6. The van der Waals surface area contributed by atoms with Gasteiger partial charge in [0.15, 0.2) is 5.82 Å². The number of hydrogen-bond donors (Lipinski definition) is 1. The molecule has 0 atom stereocenters. The second-order valence-corrected chi connectivity index (χ2v) is 4.27. The van der Waals surface area contributed by atoms with Crippen LogP contribution in [-0.2, 0) is 0 Å². The molecule has 0 aliphatic rings. The van der Waals surface area contributed by atoms with Crippen molar-refractivity contribution >= 4 is 5.95 Å². The highest BCUT2D eigenvalue weighted by Crippen LogP contribution is 2.21. The number of anilines is 1. The average Bonchev–Trinajstić information content (AvgIpc) is 2.46. The SMILES string of the molecule is CNc1nc(OC(C)C)nc(-c2ccnc(OC)c2)n1. The van der Waals surface area contributed by atoms with Gasteiger partial charge < -0.3 is 14.8 Å². The molecule has 2 rings (SSSR count). The Morgan fingerprint density at radius 1 is 1.20 bits per heavy atom. The highest BCUT2D eigenvalue weighted by atomic mass is 16.5. The maximum atomic E-state index is 5.53. The summed E-state index contributed by atoms with van der Waals surface area (Å²) in [6.45, 7) is 3.83. The monoisotopic (exact) mass is 275 g/mol. The number of rotatable bonds is 5. The van der Waals surface area contributed by atoms with Gasteiger partial charge >= 0.3 is 6.01 Å². The second-order valence-electron chi connectivity index (χ2n) is 4.27. The van der Waals surface area contributed by atoms with E-state index >= 15 is 0 Å². The van der Waals surface area contributed by atoms with Crippen molar-refractivity contribution < 1.29 is 9.47 Å². The lowest BCUT2D eigenvalue weighted by Crippen LogP contribution is -2.11. The molecule has 20 heavy (non-hydrogen) atoms. The molecule has 0 amide bonds. The van der Waals surface area contributed by atoms with E-state index in [-0.39, 0.29) is 12.1 Å². The van der Waals surface area contributed by atoms with Crippen molar-refractivity contribution in [2.75, 3.05) is 19.5 Å². The van der Waals surface area contributed by atoms with E-state index in [4.69, 9.17) is 9.47 Å². The smallest absolute Gasteiger partial charge is 0.322 e. The molecule has 1 N–H and O–H groups in total. The van der Waals surface area contributed by atoms with Crippen LogP contribution >= 0.6 is 0 Å². The van der Waals surface area contributed by atoms with Gasteiger partial charge in [0.2, 0.25) is 11.8 Å². The fourth-order valence-corrected chi connectivity index (χ4v) is 1.52. The summed E-state index contributed by atoms with van der Waals surface area (Å²) in [5, 5.41) is 2.89. The summed E-state index contributed by atoms with van der Waals surface area (Å²) in [5.41, 5.74) is 0.782. The maximum Gasteiger partial charge on any atom is 0.322 e. The molecule has 0 saturated carbocycles. The molecule has 0 unspecified atom stereocenters. The van der Waals surface area contributed by atoms with Crippen LogP contribution < -0.4 is 14.8 Å². The van der Waals surface area contributed by atoms with Gasteiger partial charge in [-0.05, 0) is 19.9 Å². The number of pyridine rings is 1. The van der Waals surface area contributed by atoms with Crippen LogP contribution in [0.15, 0.2) is 18.3 Å². The van der Waals surface area contributed by atoms with Crippen molar-refractivity contribution in [1.82, 2.24) is 19.9 Å². The molecule has 106 valence electrons. The van der Waals surface area contributed by atoms with Crippen molar-refractivity contribution in [1.29, 1.82) is 0 Å². The molecule has 2 heterocycles. The Balaban J connectivity index is 2.43. The van der Waals surface area contributed by atoms with E-state index < -0.39 is 0 Å². The molecular weight excluding hydrogens is 258 g/mol. The molecule has 0 fully saturated rings. The number of hydrogen-bond acceptors (Lipinski definition) is 7. The minimum atomic E-state index is -0.0121. The first-order chi connectivity index (χ1) is 9.62. The van der Waals surface area contributed by atoms with Gasteiger partial charge in [-0.15, -0.1) is 0 Å². The Kier molecular flexibility index (Phi) is 4.29. The Bertz CT molecular complexity index is 589. The number of nitrogens with one attached hydrogen (secondary N) is 1. The molecule has 0 aliphatic heterocycles. The van der Waals surface area contributed by atoms with Crippen molar-refractivity contribution in [2.45, 2.75) is 20.0 Å². The first-order valence-electron chi connectivity index (χ1n) is 6.23. The normalized spacial score (nSPS) is 10.4. The molecular formula is C13H17N5O2. The maximum absolute atomic E-state index is 5.53. The molecule has 2 aromatic heterocycles. The van der Waals surface area contributed by atoms with Gasteiger partial charge in [-0.1, -0.05) is 0 Å². The fraction of sp³-hybridized carbons (Fsp3) is 0.385. The minimum Gasteiger partial charge on any atom is -0.481 e. The van der Waals surface area contributed by atoms with E-state index in [1.165, 1.54) is 0 Å². The average molecular weight is 275 g/mol. The highest BCUT2D eigenvalue weighted by molar-refractivity contribution is 5.57. The zero-order valence-electron chi connectivity index (χ0n) is 11.9. The number of aromatic nitrogens is 4. The Labute approximate surface area is 117 Å². The van der Waals surface area contributed by atoms with Crippen LogP contribution in [0.4, 0.5) is 5.95 Å².